The van der Waals surface area contributed by atoms with Gasteiger partial charge in [0, 0.05) is 42.3 Å². The van der Waals surface area contributed by atoms with E-state index in [0.29, 0.717) is 12.1 Å². The number of hydrogen-bond acceptors (Lipinski definition) is 4. The van der Waals surface area contributed by atoms with Crippen molar-refractivity contribution in [3.63, 3.8) is 0 Å². The minimum atomic E-state index is 0.0461. The van der Waals surface area contributed by atoms with Gasteiger partial charge in [0.15, 0.2) is 0 Å². The molecule has 0 atom stereocenters. The van der Waals surface area contributed by atoms with Gasteiger partial charge in [-0.2, -0.15) is 0 Å². The Morgan fingerprint density at radius 1 is 1.41 bits per heavy atom. The third kappa shape index (κ3) is 3.48. The Morgan fingerprint density at radius 2 is 2.27 bits per heavy atom. The van der Waals surface area contributed by atoms with Gasteiger partial charge in [-0.05, 0) is 48.1 Å². The van der Waals surface area contributed by atoms with Crippen LogP contribution in [-0.4, -0.2) is 23.9 Å². The Morgan fingerprint density at radius 3 is 3.14 bits per heavy atom. The van der Waals surface area contributed by atoms with Crippen molar-refractivity contribution in [1.82, 2.24) is 4.90 Å². The lowest BCUT2D eigenvalue weighted by Crippen LogP contribution is -2.32. The Balaban J connectivity index is 1.52. The van der Waals surface area contributed by atoms with E-state index >= 15 is 0 Å². The van der Waals surface area contributed by atoms with Gasteiger partial charge in [0.05, 0.1) is 0 Å². The van der Waals surface area contributed by atoms with Crippen molar-refractivity contribution >= 4 is 28.6 Å². The quantitative estimate of drug-likeness (QED) is 0.853. The van der Waals surface area contributed by atoms with E-state index < -0.39 is 0 Å². The van der Waals surface area contributed by atoms with Gasteiger partial charge in [0.25, 0.3) is 0 Å². The van der Waals surface area contributed by atoms with Crippen molar-refractivity contribution in [3.8, 4) is 0 Å². The highest BCUT2D eigenvalue weighted by Crippen LogP contribution is 2.24. The molecule has 3 N–H and O–H groups in total. The number of hydrogen-bond donors (Lipinski definition) is 2. The maximum Gasteiger partial charge on any atom is 0.225 e. The van der Waals surface area contributed by atoms with Crippen LogP contribution in [0.2, 0.25) is 0 Å². The van der Waals surface area contributed by atoms with E-state index in [1.54, 1.807) is 0 Å². The number of anilines is 2. The van der Waals surface area contributed by atoms with Gasteiger partial charge in [0.1, 0.15) is 0 Å². The van der Waals surface area contributed by atoms with Crippen LogP contribution in [0.3, 0.4) is 0 Å². The number of fused-ring (bicyclic) bond motifs is 1. The van der Waals surface area contributed by atoms with E-state index in [1.807, 2.05) is 36.5 Å². The molecule has 4 nitrogen and oxygen atoms in total. The van der Waals surface area contributed by atoms with Crippen LogP contribution in [0.25, 0.3) is 0 Å². The topological polar surface area (TPSA) is 58.4 Å². The summed E-state index contributed by atoms with van der Waals surface area (Å²) >= 11 is 1.84. The van der Waals surface area contributed by atoms with E-state index in [4.69, 9.17) is 5.73 Å². The van der Waals surface area contributed by atoms with Crippen LogP contribution in [0, 0.1) is 6.92 Å². The zero-order chi connectivity index (χ0) is 15.5. The van der Waals surface area contributed by atoms with Crippen LogP contribution in [0.4, 0.5) is 11.4 Å². The van der Waals surface area contributed by atoms with Crippen LogP contribution < -0.4 is 11.1 Å². The second kappa shape index (κ2) is 6.50. The second-order valence-electron chi connectivity index (χ2n) is 5.77. The Bertz CT molecular complexity index is 680. The van der Waals surface area contributed by atoms with Crippen molar-refractivity contribution in [2.24, 2.45) is 0 Å². The minimum Gasteiger partial charge on any atom is -0.399 e. The summed E-state index contributed by atoms with van der Waals surface area (Å²) in [4.78, 5) is 16.0. The number of thiophene rings is 1. The number of rotatable bonds is 4. The highest BCUT2D eigenvalue weighted by atomic mass is 32.1. The molecule has 22 heavy (non-hydrogen) atoms. The molecule has 1 aromatic carbocycles. The number of aryl methyl sites for hydroxylation is 1. The number of benzene rings is 1. The fourth-order valence-electron chi connectivity index (χ4n) is 2.74. The van der Waals surface area contributed by atoms with E-state index in [-0.39, 0.29) is 5.91 Å². The predicted molar refractivity (Wildman–Crippen MR) is 92.1 cm³/mol. The van der Waals surface area contributed by atoms with Gasteiger partial charge in [-0.25, -0.2) is 0 Å². The molecule has 116 valence electrons. The largest absolute Gasteiger partial charge is 0.399 e. The van der Waals surface area contributed by atoms with Gasteiger partial charge >= 0.3 is 0 Å². The first-order valence-electron chi connectivity index (χ1n) is 7.55. The predicted octanol–water partition coefficient (Wildman–Crippen LogP) is 3.03. The first kappa shape index (κ1) is 15.1. The molecule has 2 aromatic rings. The molecule has 2 heterocycles. The molecular formula is C17H21N3OS. The van der Waals surface area contributed by atoms with Crippen molar-refractivity contribution < 1.29 is 4.79 Å². The summed E-state index contributed by atoms with van der Waals surface area (Å²) in [5, 5.41) is 5.12. The normalized spacial score (nSPS) is 14.6. The Labute approximate surface area is 134 Å². The number of nitrogens with zero attached hydrogens (tertiary/aromatic N) is 1. The molecule has 0 aliphatic carbocycles. The molecular weight excluding hydrogens is 294 g/mol. The fourth-order valence-corrected chi connectivity index (χ4v) is 3.63. The van der Waals surface area contributed by atoms with E-state index in [0.717, 1.165) is 37.3 Å². The maximum absolute atomic E-state index is 12.1. The van der Waals surface area contributed by atoms with Crippen LogP contribution in [0.5, 0.6) is 0 Å². The third-order valence-corrected chi connectivity index (χ3v) is 5.10. The van der Waals surface area contributed by atoms with Gasteiger partial charge in [-0.1, -0.05) is 6.07 Å². The number of amides is 1. The molecule has 3 rings (SSSR count). The number of nitrogens with two attached hydrogens (primary N) is 1. The number of carbonyl (C=O) groups is 1. The Kier molecular flexibility index (Phi) is 4.45. The molecule has 0 unspecified atom stereocenters. The van der Waals surface area contributed by atoms with Crippen LogP contribution in [0.15, 0.2) is 29.6 Å². The van der Waals surface area contributed by atoms with Gasteiger partial charge in [-0.15, -0.1) is 11.3 Å². The molecule has 1 amide bonds. The Hall–Kier alpha value is -1.85. The molecule has 0 spiro atoms. The SMILES string of the molecule is Cc1ccc(N)cc1NC(=O)CCN1CCc2sccc2C1. The highest BCUT2D eigenvalue weighted by Gasteiger charge is 2.17. The van der Waals surface area contributed by atoms with Crippen molar-refractivity contribution in [2.45, 2.75) is 26.3 Å². The van der Waals surface area contributed by atoms with Crippen LogP contribution in [0.1, 0.15) is 22.4 Å². The zero-order valence-corrected chi connectivity index (χ0v) is 13.6. The average molecular weight is 315 g/mol. The monoisotopic (exact) mass is 315 g/mol. The summed E-state index contributed by atoms with van der Waals surface area (Å²) < 4.78 is 0. The van der Waals surface area contributed by atoms with Crippen molar-refractivity contribution in [2.75, 3.05) is 24.1 Å². The van der Waals surface area contributed by atoms with Crippen LogP contribution >= 0.6 is 11.3 Å². The molecule has 1 aliphatic heterocycles. The minimum absolute atomic E-state index is 0.0461. The molecule has 0 radical (unpaired) electrons. The lowest BCUT2D eigenvalue weighted by atomic mass is 10.1. The molecule has 0 fully saturated rings. The van der Waals surface area contributed by atoms with E-state index in [1.165, 1.54) is 10.4 Å². The maximum atomic E-state index is 12.1. The second-order valence-corrected chi connectivity index (χ2v) is 6.77. The third-order valence-electron chi connectivity index (χ3n) is 4.08. The van der Waals surface area contributed by atoms with Gasteiger partial charge < -0.3 is 11.1 Å². The fraction of sp³-hybridized carbons (Fsp3) is 0.353. The smallest absolute Gasteiger partial charge is 0.225 e. The summed E-state index contributed by atoms with van der Waals surface area (Å²) in [5.74, 6) is 0.0461. The molecule has 0 saturated heterocycles. The number of nitrogens with one attached hydrogen (secondary N) is 1. The van der Waals surface area contributed by atoms with Gasteiger partial charge in [0.2, 0.25) is 5.91 Å². The summed E-state index contributed by atoms with van der Waals surface area (Å²) in [5.41, 5.74) is 9.70. The number of carbonyl (C=O) groups excluding carboxylic acids is 1. The first-order chi connectivity index (χ1) is 10.6. The number of nitrogen functional groups attached to an aromatic ring is 1. The summed E-state index contributed by atoms with van der Waals surface area (Å²) in [6.45, 7) is 4.77. The van der Waals surface area contributed by atoms with E-state index in [9.17, 15) is 4.79 Å². The first-order valence-corrected chi connectivity index (χ1v) is 8.43. The van der Waals surface area contributed by atoms with E-state index in [2.05, 4.69) is 21.7 Å². The molecule has 5 heteroatoms. The lowest BCUT2D eigenvalue weighted by Gasteiger charge is -2.26. The summed E-state index contributed by atoms with van der Waals surface area (Å²) in [6.07, 6.45) is 1.61. The van der Waals surface area contributed by atoms with Crippen molar-refractivity contribution in [1.29, 1.82) is 0 Å². The zero-order valence-electron chi connectivity index (χ0n) is 12.8. The average Bonchev–Trinajstić information content (AvgIpc) is 2.96. The van der Waals surface area contributed by atoms with Crippen LogP contribution in [-0.2, 0) is 17.8 Å². The highest BCUT2D eigenvalue weighted by molar-refractivity contribution is 7.10. The summed E-state index contributed by atoms with van der Waals surface area (Å²) in [7, 11) is 0. The molecule has 0 saturated carbocycles. The van der Waals surface area contributed by atoms with Crippen molar-refractivity contribution in [3.05, 3.63) is 45.6 Å². The molecule has 0 bridgehead atoms. The molecule has 1 aliphatic rings. The summed E-state index contributed by atoms with van der Waals surface area (Å²) in [6, 6.07) is 7.78. The van der Waals surface area contributed by atoms with Gasteiger partial charge in [-0.3, -0.25) is 9.69 Å². The standard InChI is InChI=1S/C17H21N3OS/c1-12-2-3-14(18)10-15(12)19-17(21)5-8-20-7-4-16-13(11-20)6-9-22-16/h2-3,6,9-10H,4-5,7-8,11,18H2,1H3,(H,19,21). The molecule has 1 aromatic heterocycles. The lowest BCUT2D eigenvalue weighted by molar-refractivity contribution is -0.116.